The molecule has 0 radical (unpaired) electrons. The van der Waals surface area contributed by atoms with Crippen LogP contribution in [0.25, 0.3) is 11.0 Å². The standard InChI is InChI=1S/C13H11ClO5/c1-7(15)18-6-8-3-13(16)19-11-5-12(17-2)10(14)4-9(8)11/h3-5H,6H2,1-2H3. The summed E-state index contributed by atoms with van der Waals surface area (Å²) in [6, 6.07) is 4.40. The molecule has 0 aliphatic rings. The van der Waals surface area contributed by atoms with Gasteiger partial charge in [0.25, 0.3) is 0 Å². The molecule has 0 aliphatic heterocycles. The quantitative estimate of drug-likeness (QED) is 0.639. The fourth-order valence-corrected chi connectivity index (χ4v) is 1.92. The molecule has 100 valence electrons. The highest BCUT2D eigenvalue weighted by molar-refractivity contribution is 6.32. The first-order valence-corrected chi connectivity index (χ1v) is 5.82. The molecule has 1 aromatic heterocycles. The lowest BCUT2D eigenvalue weighted by Crippen LogP contribution is -2.05. The molecule has 1 heterocycles. The third kappa shape index (κ3) is 2.88. The number of ether oxygens (including phenoxy) is 2. The first-order valence-electron chi connectivity index (χ1n) is 5.45. The molecule has 0 fully saturated rings. The molecule has 6 heteroatoms. The monoisotopic (exact) mass is 282 g/mol. The maximum Gasteiger partial charge on any atom is 0.336 e. The van der Waals surface area contributed by atoms with Gasteiger partial charge in [0.2, 0.25) is 0 Å². The zero-order valence-electron chi connectivity index (χ0n) is 10.4. The van der Waals surface area contributed by atoms with Crippen molar-refractivity contribution in [3.8, 4) is 5.75 Å². The van der Waals surface area contributed by atoms with Crippen LogP contribution in [0.3, 0.4) is 0 Å². The average molecular weight is 283 g/mol. The Balaban J connectivity index is 2.60. The number of hydrogen-bond donors (Lipinski definition) is 0. The number of carbonyl (C=O) groups is 1. The third-order valence-corrected chi connectivity index (χ3v) is 2.83. The second-order valence-corrected chi connectivity index (χ2v) is 4.26. The van der Waals surface area contributed by atoms with Gasteiger partial charge in [0, 0.05) is 30.0 Å². The Bertz CT molecular complexity index is 689. The van der Waals surface area contributed by atoms with Crippen LogP contribution < -0.4 is 10.4 Å². The van der Waals surface area contributed by atoms with Crippen molar-refractivity contribution in [2.24, 2.45) is 0 Å². The molecule has 0 atom stereocenters. The van der Waals surface area contributed by atoms with E-state index in [0.717, 1.165) is 0 Å². The Labute approximate surface area is 113 Å². The zero-order valence-corrected chi connectivity index (χ0v) is 11.1. The van der Waals surface area contributed by atoms with Crippen LogP contribution in [0.4, 0.5) is 0 Å². The summed E-state index contributed by atoms with van der Waals surface area (Å²) in [6.07, 6.45) is 0. The molecular weight excluding hydrogens is 272 g/mol. The second-order valence-electron chi connectivity index (χ2n) is 3.85. The van der Waals surface area contributed by atoms with E-state index >= 15 is 0 Å². The lowest BCUT2D eigenvalue weighted by atomic mass is 10.1. The van der Waals surface area contributed by atoms with Crippen molar-refractivity contribution in [1.82, 2.24) is 0 Å². The number of methoxy groups -OCH3 is 1. The molecule has 0 spiro atoms. The van der Waals surface area contributed by atoms with Crippen molar-refractivity contribution in [2.45, 2.75) is 13.5 Å². The van der Waals surface area contributed by atoms with Crippen LogP contribution >= 0.6 is 11.6 Å². The van der Waals surface area contributed by atoms with E-state index < -0.39 is 11.6 Å². The Hall–Kier alpha value is -2.01. The molecule has 0 saturated heterocycles. The highest BCUT2D eigenvalue weighted by atomic mass is 35.5. The van der Waals surface area contributed by atoms with E-state index in [4.69, 9.17) is 25.5 Å². The number of esters is 1. The minimum atomic E-state index is -0.529. The molecule has 0 bridgehead atoms. The van der Waals surface area contributed by atoms with Crippen molar-refractivity contribution >= 4 is 28.5 Å². The lowest BCUT2D eigenvalue weighted by molar-refractivity contribution is -0.142. The molecule has 2 rings (SSSR count). The van der Waals surface area contributed by atoms with Gasteiger partial charge < -0.3 is 13.9 Å². The van der Waals surface area contributed by atoms with Crippen LogP contribution in [-0.4, -0.2) is 13.1 Å². The van der Waals surface area contributed by atoms with Crippen molar-refractivity contribution in [3.63, 3.8) is 0 Å². The summed E-state index contributed by atoms with van der Waals surface area (Å²) in [6.45, 7) is 1.28. The van der Waals surface area contributed by atoms with Gasteiger partial charge in [-0.3, -0.25) is 4.79 Å². The van der Waals surface area contributed by atoms with Gasteiger partial charge >= 0.3 is 11.6 Å². The summed E-state index contributed by atoms with van der Waals surface area (Å²) >= 11 is 6.03. The molecule has 0 saturated carbocycles. The maximum absolute atomic E-state index is 11.5. The summed E-state index contributed by atoms with van der Waals surface area (Å²) in [5, 5.41) is 0.986. The minimum absolute atomic E-state index is 0.0138. The first kappa shape index (κ1) is 13.4. The number of carbonyl (C=O) groups excluding carboxylic acids is 1. The number of benzene rings is 1. The Kier molecular flexibility index (Phi) is 3.76. The van der Waals surface area contributed by atoms with E-state index in [0.29, 0.717) is 27.3 Å². The van der Waals surface area contributed by atoms with Crippen LogP contribution in [0.2, 0.25) is 5.02 Å². The predicted molar refractivity (Wildman–Crippen MR) is 69.5 cm³/mol. The molecule has 0 amide bonds. The van der Waals surface area contributed by atoms with Gasteiger partial charge in [-0.25, -0.2) is 4.79 Å². The molecule has 0 aliphatic carbocycles. The molecule has 2 aromatic rings. The van der Waals surface area contributed by atoms with Crippen molar-refractivity contribution in [3.05, 3.63) is 39.2 Å². The predicted octanol–water partition coefficient (Wildman–Crippen LogP) is 2.52. The zero-order chi connectivity index (χ0) is 14.0. The van der Waals surface area contributed by atoms with Crippen LogP contribution in [0.15, 0.2) is 27.4 Å². The Morgan fingerprint density at radius 3 is 2.74 bits per heavy atom. The van der Waals surface area contributed by atoms with E-state index in [-0.39, 0.29) is 6.61 Å². The fourth-order valence-electron chi connectivity index (χ4n) is 1.68. The summed E-state index contributed by atoms with van der Waals surface area (Å²) in [4.78, 5) is 22.3. The third-order valence-electron chi connectivity index (χ3n) is 2.53. The molecular formula is C13H11ClO5. The highest BCUT2D eigenvalue weighted by Gasteiger charge is 2.11. The maximum atomic E-state index is 11.5. The SMILES string of the molecule is COc1cc2oc(=O)cc(COC(C)=O)c2cc1Cl. The van der Waals surface area contributed by atoms with E-state index in [1.54, 1.807) is 6.07 Å². The van der Waals surface area contributed by atoms with Gasteiger partial charge in [0.15, 0.2) is 0 Å². The number of hydrogen-bond acceptors (Lipinski definition) is 5. The number of halogens is 1. The van der Waals surface area contributed by atoms with Crippen molar-refractivity contribution < 1.29 is 18.7 Å². The summed E-state index contributed by atoms with van der Waals surface area (Å²) < 4.78 is 15.0. The first-order chi connectivity index (χ1) is 9.01. The van der Waals surface area contributed by atoms with Gasteiger partial charge in [-0.15, -0.1) is 0 Å². The molecule has 1 aromatic carbocycles. The van der Waals surface area contributed by atoms with E-state index in [2.05, 4.69) is 0 Å². The van der Waals surface area contributed by atoms with Gasteiger partial charge in [0.1, 0.15) is 17.9 Å². The largest absolute Gasteiger partial charge is 0.495 e. The molecule has 5 nitrogen and oxygen atoms in total. The van der Waals surface area contributed by atoms with Gasteiger partial charge in [0.05, 0.1) is 12.1 Å². The van der Waals surface area contributed by atoms with Crippen molar-refractivity contribution in [2.75, 3.05) is 7.11 Å². The van der Waals surface area contributed by atoms with Crippen LogP contribution in [0.5, 0.6) is 5.75 Å². The van der Waals surface area contributed by atoms with Crippen molar-refractivity contribution in [1.29, 1.82) is 0 Å². The minimum Gasteiger partial charge on any atom is -0.495 e. The Morgan fingerprint density at radius 1 is 1.37 bits per heavy atom. The molecule has 19 heavy (non-hydrogen) atoms. The summed E-state index contributed by atoms with van der Waals surface area (Å²) in [5.41, 5.74) is 0.334. The summed E-state index contributed by atoms with van der Waals surface area (Å²) in [5.74, 6) is -0.0250. The van der Waals surface area contributed by atoms with Gasteiger partial charge in [-0.05, 0) is 6.07 Å². The van der Waals surface area contributed by atoms with E-state index in [1.807, 2.05) is 0 Å². The van der Waals surface area contributed by atoms with Gasteiger partial charge in [-0.1, -0.05) is 11.6 Å². The highest BCUT2D eigenvalue weighted by Crippen LogP contribution is 2.31. The topological polar surface area (TPSA) is 65.7 Å². The lowest BCUT2D eigenvalue weighted by Gasteiger charge is -2.08. The normalized spacial score (nSPS) is 10.5. The second kappa shape index (κ2) is 5.32. The fraction of sp³-hybridized carbons (Fsp3) is 0.231. The number of fused-ring (bicyclic) bond motifs is 1. The van der Waals surface area contributed by atoms with Gasteiger partial charge in [-0.2, -0.15) is 0 Å². The van der Waals surface area contributed by atoms with E-state index in [9.17, 15) is 9.59 Å². The summed E-state index contributed by atoms with van der Waals surface area (Å²) in [7, 11) is 1.47. The molecule has 0 unspecified atom stereocenters. The van der Waals surface area contributed by atoms with Crippen LogP contribution in [0.1, 0.15) is 12.5 Å². The van der Waals surface area contributed by atoms with Crippen LogP contribution in [0, 0.1) is 0 Å². The van der Waals surface area contributed by atoms with E-state index in [1.165, 1.54) is 26.2 Å². The molecule has 0 N–H and O–H groups in total. The average Bonchev–Trinajstić information content (AvgIpc) is 2.35. The smallest absolute Gasteiger partial charge is 0.336 e. The Morgan fingerprint density at radius 2 is 2.11 bits per heavy atom. The van der Waals surface area contributed by atoms with Crippen LogP contribution in [-0.2, 0) is 16.1 Å². The number of rotatable bonds is 3.